The van der Waals surface area contributed by atoms with Gasteiger partial charge in [-0.25, -0.2) is 8.42 Å². The largest absolute Gasteiger partial charge is 0.260 e. The lowest BCUT2D eigenvalue weighted by Crippen LogP contribution is -2.19. The van der Waals surface area contributed by atoms with E-state index in [1.165, 1.54) is 70.5 Å². The van der Waals surface area contributed by atoms with Crippen molar-refractivity contribution in [1.82, 2.24) is 0 Å². The second-order valence-corrected chi connectivity index (χ2v) is 8.39. The Morgan fingerprint density at radius 1 is 0.810 bits per heavy atom. The molecule has 0 fully saturated rings. The van der Waals surface area contributed by atoms with Gasteiger partial charge in [-0.2, -0.15) is 0 Å². The minimum Gasteiger partial charge on any atom is -0.260 e. The van der Waals surface area contributed by atoms with Gasteiger partial charge >= 0.3 is 0 Å². The topological polar surface area (TPSA) is 43.4 Å². The first-order chi connectivity index (χ1) is 10.0. The number of rotatable bonds is 15. The highest BCUT2D eigenvalue weighted by Gasteiger charge is 2.20. The van der Waals surface area contributed by atoms with Gasteiger partial charge in [0.1, 0.15) is 0 Å². The van der Waals surface area contributed by atoms with Crippen LogP contribution in [0.4, 0.5) is 0 Å². The molecule has 0 spiro atoms. The first-order valence-electron chi connectivity index (χ1n) is 8.48. The van der Waals surface area contributed by atoms with Crippen LogP contribution in [0.1, 0.15) is 90.4 Å². The molecule has 1 unspecified atom stereocenters. The molecule has 0 saturated carbocycles. The Labute approximate surface area is 136 Å². The van der Waals surface area contributed by atoms with E-state index in [9.17, 15) is 8.42 Å². The third kappa shape index (κ3) is 13.6. The van der Waals surface area contributed by atoms with Crippen molar-refractivity contribution in [1.29, 1.82) is 0 Å². The van der Waals surface area contributed by atoms with Gasteiger partial charge in [-0.1, -0.05) is 77.6 Å². The Kier molecular flexibility index (Phi) is 14.0. The minimum atomic E-state index is -3.18. The lowest BCUT2D eigenvalue weighted by Gasteiger charge is -2.10. The van der Waals surface area contributed by atoms with Crippen molar-refractivity contribution in [2.45, 2.75) is 95.8 Å². The third-order valence-electron chi connectivity index (χ3n) is 3.87. The molecule has 0 heterocycles. The predicted molar refractivity (Wildman–Crippen MR) is 91.3 cm³/mol. The molecule has 0 aromatic heterocycles. The normalized spacial score (nSPS) is 13.5. The van der Waals surface area contributed by atoms with Crippen molar-refractivity contribution in [3.63, 3.8) is 0 Å². The average Bonchev–Trinajstić information content (AvgIpc) is 2.42. The predicted octanol–water partition coefficient (Wildman–Crippen LogP) is 5.62. The molecule has 0 aliphatic heterocycles. The van der Waals surface area contributed by atoms with E-state index in [-0.39, 0.29) is 0 Å². The molecule has 3 nitrogen and oxygen atoms in total. The Hall–Kier alpha value is 0.200. The van der Waals surface area contributed by atoms with Crippen LogP contribution in [0.2, 0.25) is 0 Å². The van der Waals surface area contributed by atoms with Gasteiger partial charge in [0, 0.05) is 6.26 Å². The van der Waals surface area contributed by atoms with Crippen LogP contribution in [0, 0.1) is 0 Å². The van der Waals surface area contributed by atoms with Gasteiger partial charge in [-0.05, 0) is 12.8 Å². The van der Waals surface area contributed by atoms with E-state index in [4.69, 9.17) is 11.9 Å². The minimum absolute atomic E-state index is 0.500. The molecule has 0 rings (SSSR count). The summed E-state index contributed by atoms with van der Waals surface area (Å²) in [6, 6.07) is 0. The number of hydrogen-bond acceptors (Lipinski definition) is 3. The van der Waals surface area contributed by atoms with E-state index in [0.29, 0.717) is 6.42 Å². The van der Waals surface area contributed by atoms with Gasteiger partial charge < -0.3 is 0 Å². The Morgan fingerprint density at radius 2 is 1.19 bits per heavy atom. The van der Waals surface area contributed by atoms with E-state index in [0.717, 1.165) is 12.8 Å². The molecule has 0 aromatic carbocycles. The smallest absolute Gasteiger partial charge is 0.179 e. The summed E-state index contributed by atoms with van der Waals surface area (Å²) in [7, 11) is -3.18. The summed E-state index contributed by atoms with van der Waals surface area (Å²) in [6.45, 7) is 2.25. The fourth-order valence-electron chi connectivity index (χ4n) is 2.48. The summed E-state index contributed by atoms with van der Waals surface area (Å²) in [6.07, 6.45) is 16.9. The molecule has 0 aliphatic rings. The molecule has 0 N–H and O–H groups in total. The van der Waals surface area contributed by atoms with Crippen LogP contribution in [0.25, 0.3) is 0 Å². The second kappa shape index (κ2) is 13.8. The van der Waals surface area contributed by atoms with E-state index in [1.807, 2.05) is 0 Å². The van der Waals surface area contributed by atoms with Crippen LogP contribution < -0.4 is 0 Å². The standard InChI is InChI=1S/C16H33ClO3S/c1-3-4-5-6-7-8-9-10-11-12-13-14-15-16(20-17)21(2,18)19/h16H,3-15H2,1-2H3. The molecule has 0 amide bonds. The number of sulfone groups is 1. The SMILES string of the molecule is CCCCCCCCCCCCCCC(OCl)S(C)(=O)=O. The molecule has 1 atom stereocenters. The van der Waals surface area contributed by atoms with Crippen LogP contribution in [0.5, 0.6) is 0 Å². The zero-order valence-electron chi connectivity index (χ0n) is 13.8. The summed E-state index contributed by atoms with van der Waals surface area (Å²) in [5.41, 5.74) is -0.845. The maximum atomic E-state index is 11.3. The van der Waals surface area contributed by atoms with E-state index in [2.05, 4.69) is 11.2 Å². The third-order valence-corrected chi connectivity index (χ3v) is 5.48. The summed E-state index contributed by atoms with van der Waals surface area (Å²) >= 11 is 5.22. The number of unbranched alkanes of at least 4 members (excludes halogenated alkanes) is 11. The molecule has 21 heavy (non-hydrogen) atoms. The highest BCUT2D eigenvalue weighted by atomic mass is 35.5. The molecule has 0 radical (unpaired) electrons. The van der Waals surface area contributed by atoms with Gasteiger partial charge in [0.05, 0.1) is 11.9 Å². The van der Waals surface area contributed by atoms with Crippen molar-refractivity contribution >= 4 is 21.7 Å². The van der Waals surface area contributed by atoms with Crippen LogP contribution in [-0.2, 0) is 14.1 Å². The highest BCUT2D eigenvalue weighted by molar-refractivity contribution is 7.91. The van der Waals surface area contributed by atoms with E-state index >= 15 is 0 Å². The molecule has 0 aromatic rings. The first-order valence-corrected chi connectivity index (χ1v) is 10.7. The molecule has 5 heteroatoms. The number of hydrogen-bond donors (Lipinski definition) is 0. The quantitative estimate of drug-likeness (QED) is 0.363. The average molecular weight is 341 g/mol. The van der Waals surface area contributed by atoms with Gasteiger partial charge in [0.25, 0.3) is 0 Å². The van der Waals surface area contributed by atoms with Crippen molar-refractivity contribution in [3.8, 4) is 0 Å². The zero-order chi connectivity index (χ0) is 16.0. The van der Waals surface area contributed by atoms with E-state index in [1.54, 1.807) is 0 Å². The first kappa shape index (κ1) is 21.2. The molecule has 128 valence electrons. The van der Waals surface area contributed by atoms with Crippen LogP contribution in [0.3, 0.4) is 0 Å². The molecular weight excluding hydrogens is 308 g/mol. The highest BCUT2D eigenvalue weighted by Crippen LogP contribution is 2.16. The second-order valence-electron chi connectivity index (χ2n) is 6.03. The van der Waals surface area contributed by atoms with Crippen molar-refractivity contribution < 1.29 is 12.7 Å². The Bertz CT molecular complexity index is 317. The zero-order valence-corrected chi connectivity index (χ0v) is 15.4. The van der Waals surface area contributed by atoms with E-state index < -0.39 is 15.3 Å². The maximum Gasteiger partial charge on any atom is 0.179 e. The molecule has 0 saturated heterocycles. The van der Waals surface area contributed by atoms with Crippen molar-refractivity contribution in [2.75, 3.05) is 6.26 Å². The Morgan fingerprint density at radius 3 is 1.52 bits per heavy atom. The monoisotopic (exact) mass is 340 g/mol. The van der Waals surface area contributed by atoms with Gasteiger partial charge in [0.15, 0.2) is 15.3 Å². The fourth-order valence-corrected chi connectivity index (χ4v) is 3.69. The maximum absolute atomic E-state index is 11.3. The summed E-state index contributed by atoms with van der Waals surface area (Å²) in [5.74, 6) is 0. The molecule has 0 bridgehead atoms. The number of halogens is 1. The summed E-state index contributed by atoms with van der Waals surface area (Å²) < 4.78 is 27.1. The van der Waals surface area contributed by atoms with Gasteiger partial charge in [-0.3, -0.25) is 4.29 Å². The van der Waals surface area contributed by atoms with Gasteiger partial charge in [0.2, 0.25) is 0 Å². The molecule has 0 aliphatic carbocycles. The lowest BCUT2D eigenvalue weighted by atomic mass is 10.0. The lowest BCUT2D eigenvalue weighted by molar-refractivity contribution is 0.283. The van der Waals surface area contributed by atoms with Crippen molar-refractivity contribution in [3.05, 3.63) is 0 Å². The van der Waals surface area contributed by atoms with Crippen LogP contribution in [-0.4, -0.2) is 20.1 Å². The van der Waals surface area contributed by atoms with Crippen LogP contribution >= 0.6 is 11.9 Å². The van der Waals surface area contributed by atoms with Crippen molar-refractivity contribution in [2.24, 2.45) is 0 Å². The fraction of sp³-hybridized carbons (Fsp3) is 1.00. The summed E-state index contributed by atoms with van der Waals surface area (Å²) in [4.78, 5) is 0. The Balaban J connectivity index is 3.29. The summed E-state index contributed by atoms with van der Waals surface area (Å²) in [5, 5.41) is 0. The van der Waals surface area contributed by atoms with Gasteiger partial charge in [-0.15, -0.1) is 0 Å². The molecular formula is C16H33ClO3S. The van der Waals surface area contributed by atoms with Crippen LogP contribution in [0.15, 0.2) is 0 Å².